The summed E-state index contributed by atoms with van der Waals surface area (Å²) in [5.74, 6) is 4.40. The van der Waals surface area contributed by atoms with Gasteiger partial charge in [0.05, 0.1) is 36.6 Å². The van der Waals surface area contributed by atoms with Gasteiger partial charge in [-0.3, -0.25) is 0 Å². The maximum Gasteiger partial charge on any atom is 0.0822 e. The summed E-state index contributed by atoms with van der Waals surface area (Å²) in [6.07, 6.45) is 15.7. The van der Waals surface area contributed by atoms with E-state index in [0.717, 1.165) is 11.8 Å². The Morgan fingerprint density at radius 3 is 2.17 bits per heavy atom. The second kappa shape index (κ2) is 4.23. The van der Waals surface area contributed by atoms with Crippen molar-refractivity contribution in [2.24, 2.45) is 35.5 Å². The lowest BCUT2D eigenvalue weighted by atomic mass is 9.57. The van der Waals surface area contributed by atoms with Gasteiger partial charge in [-0.25, -0.2) is 0 Å². The highest BCUT2D eigenvalue weighted by Crippen LogP contribution is 2.66. The Labute approximate surface area is 137 Å². The number of fused-ring (bicyclic) bond motifs is 16. The molecule has 0 aromatic heterocycles. The molecule has 11 atom stereocenters. The fourth-order valence-electron chi connectivity index (χ4n) is 7.95. The van der Waals surface area contributed by atoms with Crippen LogP contribution >= 0.6 is 0 Å². The molecule has 124 valence electrons. The Morgan fingerprint density at radius 2 is 1.39 bits per heavy atom. The molecular weight excluding hydrogens is 288 g/mol. The molecule has 11 unspecified atom stereocenters. The standard InChI is InChI=1S/C20H26O3/c1-2-4-9(5-3-1)10-8-13-16-17(18(10)22-13)20-15-12-7-6-11(21-12)14(15)19(16)23-20/h6-7,9-20H,1-5,8H2. The fraction of sp³-hybridized carbons (Fsp3) is 0.900. The highest BCUT2D eigenvalue weighted by atomic mass is 16.6. The van der Waals surface area contributed by atoms with Crippen LogP contribution in [-0.4, -0.2) is 36.6 Å². The van der Waals surface area contributed by atoms with Gasteiger partial charge in [-0.1, -0.05) is 44.3 Å². The summed E-state index contributed by atoms with van der Waals surface area (Å²) in [4.78, 5) is 0. The molecule has 6 aliphatic heterocycles. The van der Waals surface area contributed by atoms with Crippen LogP contribution in [-0.2, 0) is 14.2 Å². The van der Waals surface area contributed by atoms with Gasteiger partial charge in [0, 0.05) is 23.7 Å². The second-order valence-corrected chi connectivity index (χ2v) is 9.26. The van der Waals surface area contributed by atoms with E-state index in [9.17, 15) is 0 Å². The number of hydrogen-bond donors (Lipinski definition) is 0. The summed E-state index contributed by atoms with van der Waals surface area (Å²) in [7, 11) is 0. The molecule has 1 aliphatic carbocycles. The monoisotopic (exact) mass is 314 g/mol. The van der Waals surface area contributed by atoms with Gasteiger partial charge < -0.3 is 14.2 Å². The largest absolute Gasteiger partial charge is 0.374 e. The fourth-order valence-corrected chi connectivity index (χ4v) is 7.95. The van der Waals surface area contributed by atoms with Crippen LogP contribution in [0.3, 0.4) is 0 Å². The van der Waals surface area contributed by atoms with Gasteiger partial charge in [0.15, 0.2) is 0 Å². The van der Waals surface area contributed by atoms with Gasteiger partial charge in [-0.2, -0.15) is 0 Å². The number of ether oxygens (including phenoxy) is 3. The molecule has 6 bridgehead atoms. The predicted molar refractivity (Wildman–Crippen MR) is 83.8 cm³/mol. The topological polar surface area (TPSA) is 27.7 Å². The minimum atomic E-state index is 0.341. The zero-order chi connectivity index (χ0) is 14.7. The third-order valence-corrected chi connectivity index (χ3v) is 8.61. The maximum absolute atomic E-state index is 6.60. The Hall–Kier alpha value is -0.380. The molecule has 1 saturated carbocycles. The van der Waals surface area contributed by atoms with Crippen LogP contribution < -0.4 is 0 Å². The Balaban J connectivity index is 1.22. The molecule has 23 heavy (non-hydrogen) atoms. The van der Waals surface area contributed by atoms with Crippen molar-refractivity contribution in [3.63, 3.8) is 0 Å². The molecule has 0 radical (unpaired) electrons. The molecule has 6 heterocycles. The highest BCUT2D eigenvalue weighted by molar-refractivity contribution is 5.27. The molecule has 7 rings (SSSR count). The lowest BCUT2D eigenvalue weighted by Crippen LogP contribution is -2.50. The number of rotatable bonds is 1. The van der Waals surface area contributed by atoms with Crippen molar-refractivity contribution in [3.8, 4) is 0 Å². The van der Waals surface area contributed by atoms with Gasteiger partial charge in [-0.15, -0.1) is 0 Å². The first-order valence-electron chi connectivity index (χ1n) is 10.0. The number of hydrogen-bond acceptors (Lipinski definition) is 3. The summed E-state index contributed by atoms with van der Waals surface area (Å²) in [6, 6.07) is 0. The summed E-state index contributed by atoms with van der Waals surface area (Å²) in [5.41, 5.74) is 0. The molecule has 0 aromatic carbocycles. The quantitative estimate of drug-likeness (QED) is 0.697. The van der Waals surface area contributed by atoms with E-state index in [0.29, 0.717) is 60.3 Å². The molecule has 0 amide bonds. The van der Waals surface area contributed by atoms with E-state index in [1.165, 1.54) is 38.5 Å². The van der Waals surface area contributed by atoms with Gasteiger partial charge in [0.25, 0.3) is 0 Å². The van der Waals surface area contributed by atoms with E-state index in [4.69, 9.17) is 14.2 Å². The SMILES string of the molecule is C1=CC2OC1C1C3OC(C21)C1C2OC(CC2C2CCCCC2)C31. The van der Waals surface area contributed by atoms with Crippen LogP contribution in [0.5, 0.6) is 0 Å². The van der Waals surface area contributed by atoms with Gasteiger partial charge >= 0.3 is 0 Å². The average molecular weight is 314 g/mol. The zero-order valence-electron chi connectivity index (χ0n) is 13.6. The Kier molecular flexibility index (Phi) is 2.37. The van der Waals surface area contributed by atoms with Crippen molar-refractivity contribution < 1.29 is 14.2 Å². The molecule has 7 aliphatic rings. The third kappa shape index (κ3) is 1.42. The van der Waals surface area contributed by atoms with Gasteiger partial charge in [0.1, 0.15) is 0 Å². The minimum absolute atomic E-state index is 0.341. The first-order valence-corrected chi connectivity index (χ1v) is 10.0. The summed E-state index contributed by atoms with van der Waals surface area (Å²) < 4.78 is 19.4. The van der Waals surface area contributed by atoms with Crippen molar-refractivity contribution >= 4 is 0 Å². The average Bonchev–Trinajstić information content (AvgIpc) is 3.41. The van der Waals surface area contributed by atoms with Crippen LogP contribution in [0.25, 0.3) is 0 Å². The van der Waals surface area contributed by atoms with Crippen LogP contribution in [0.2, 0.25) is 0 Å². The molecule has 5 saturated heterocycles. The lowest BCUT2D eigenvalue weighted by molar-refractivity contribution is -0.0367. The molecule has 0 spiro atoms. The van der Waals surface area contributed by atoms with E-state index in [1.807, 2.05) is 0 Å². The highest BCUT2D eigenvalue weighted by Gasteiger charge is 2.74. The molecule has 6 fully saturated rings. The van der Waals surface area contributed by atoms with Crippen LogP contribution in [0.4, 0.5) is 0 Å². The van der Waals surface area contributed by atoms with Gasteiger partial charge in [0.2, 0.25) is 0 Å². The van der Waals surface area contributed by atoms with Crippen LogP contribution in [0, 0.1) is 35.5 Å². The summed E-state index contributed by atoms with van der Waals surface area (Å²) >= 11 is 0. The summed E-state index contributed by atoms with van der Waals surface area (Å²) in [5, 5.41) is 0. The van der Waals surface area contributed by atoms with Gasteiger partial charge in [-0.05, 0) is 18.3 Å². The molecular formula is C20H26O3. The molecule has 0 N–H and O–H groups in total. The van der Waals surface area contributed by atoms with E-state index in [1.54, 1.807) is 0 Å². The summed E-state index contributed by atoms with van der Waals surface area (Å²) in [6.45, 7) is 0. The van der Waals surface area contributed by atoms with E-state index in [-0.39, 0.29) is 0 Å². The normalized spacial score (nSPS) is 64.8. The van der Waals surface area contributed by atoms with Crippen molar-refractivity contribution in [1.82, 2.24) is 0 Å². The smallest absolute Gasteiger partial charge is 0.0822 e. The molecule has 3 nitrogen and oxygen atoms in total. The second-order valence-electron chi connectivity index (χ2n) is 9.26. The zero-order valence-corrected chi connectivity index (χ0v) is 13.6. The van der Waals surface area contributed by atoms with Crippen molar-refractivity contribution in [2.45, 2.75) is 75.1 Å². The lowest BCUT2D eigenvalue weighted by Gasteiger charge is -2.42. The van der Waals surface area contributed by atoms with Crippen molar-refractivity contribution in [2.75, 3.05) is 0 Å². The first kappa shape index (κ1) is 12.9. The maximum atomic E-state index is 6.60. The van der Waals surface area contributed by atoms with Crippen molar-refractivity contribution in [3.05, 3.63) is 12.2 Å². The van der Waals surface area contributed by atoms with E-state index >= 15 is 0 Å². The van der Waals surface area contributed by atoms with Crippen LogP contribution in [0.1, 0.15) is 38.5 Å². The van der Waals surface area contributed by atoms with E-state index < -0.39 is 0 Å². The first-order chi connectivity index (χ1) is 11.4. The third-order valence-electron chi connectivity index (χ3n) is 8.61. The van der Waals surface area contributed by atoms with Crippen LogP contribution in [0.15, 0.2) is 12.2 Å². The van der Waals surface area contributed by atoms with Crippen molar-refractivity contribution in [1.29, 1.82) is 0 Å². The van der Waals surface area contributed by atoms with E-state index in [2.05, 4.69) is 12.2 Å². The molecule has 3 heteroatoms. The molecule has 0 aromatic rings. The predicted octanol–water partition coefficient (Wildman–Crippen LogP) is 2.94. The Morgan fingerprint density at radius 1 is 0.652 bits per heavy atom. The minimum Gasteiger partial charge on any atom is -0.374 e. The Bertz CT molecular complexity index is 567.